The quantitative estimate of drug-likeness (QED) is 0.284. The number of aromatic nitrogens is 2. The van der Waals surface area contributed by atoms with E-state index < -0.39 is 0 Å². The molecule has 3 aromatic heterocycles. The molecule has 0 aliphatic heterocycles. The summed E-state index contributed by atoms with van der Waals surface area (Å²) < 4.78 is 6.97. The van der Waals surface area contributed by atoms with Gasteiger partial charge in [0.25, 0.3) is 0 Å². The van der Waals surface area contributed by atoms with Crippen LogP contribution in [0, 0.1) is 7.40 Å². The molecule has 0 saturated carbocycles. The molecular weight excluding hydrogens is 609 g/mol. The van der Waals surface area contributed by atoms with Crippen molar-refractivity contribution in [1.82, 2.24) is 9.97 Å². The molecule has 0 bridgehead atoms. The van der Waals surface area contributed by atoms with Crippen molar-refractivity contribution in [3.63, 3.8) is 0 Å². The molecular formula is C16H12Cl2I2N2O2S. The first-order valence-electron chi connectivity index (χ1n) is 6.92. The lowest BCUT2D eigenvalue weighted by Gasteiger charge is -2.06. The van der Waals surface area contributed by atoms with Gasteiger partial charge < -0.3 is 9.84 Å². The largest absolute Gasteiger partial charge is 0.505 e. The molecule has 3 aromatic rings. The lowest BCUT2D eigenvalue weighted by molar-refractivity contribution is 0.318. The number of pyridine rings is 2. The second kappa shape index (κ2) is 10.7. The summed E-state index contributed by atoms with van der Waals surface area (Å²) in [5.41, 5.74) is 1.31. The fourth-order valence-corrected chi connectivity index (χ4v) is 3.94. The number of halogens is 4. The summed E-state index contributed by atoms with van der Waals surface area (Å²) in [4.78, 5) is 7.89. The topological polar surface area (TPSA) is 55.2 Å². The second-order valence-corrected chi connectivity index (χ2v) is 8.20. The van der Waals surface area contributed by atoms with Crippen LogP contribution in [0.3, 0.4) is 0 Å². The van der Waals surface area contributed by atoms with Gasteiger partial charge in [-0.3, -0.25) is 0 Å². The highest BCUT2D eigenvalue weighted by Crippen LogP contribution is 2.21. The molecule has 0 aromatic carbocycles. The number of ether oxygens (including phenoxy) is 1. The van der Waals surface area contributed by atoms with Crippen LogP contribution in [0.5, 0.6) is 11.5 Å². The first kappa shape index (κ1) is 20.9. The van der Waals surface area contributed by atoms with Gasteiger partial charge in [0, 0.05) is 6.42 Å². The number of thiophene rings is 1. The van der Waals surface area contributed by atoms with Crippen LogP contribution in [0.4, 0.5) is 0 Å². The molecule has 0 spiro atoms. The molecule has 3 rings (SSSR count). The van der Waals surface area contributed by atoms with Crippen LogP contribution in [-0.4, -0.2) is 21.7 Å². The Balaban J connectivity index is 0.000000212. The zero-order chi connectivity index (χ0) is 18.2. The lowest BCUT2D eigenvalue weighted by atomic mass is 10.3. The van der Waals surface area contributed by atoms with Gasteiger partial charge in [-0.15, -0.1) is 0 Å². The molecule has 0 radical (unpaired) electrons. The summed E-state index contributed by atoms with van der Waals surface area (Å²) in [6, 6.07) is 8.75. The highest BCUT2D eigenvalue weighted by atomic mass is 127. The molecule has 25 heavy (non-hydrogen) atoms. The first-order valence-corrected chi connectivity index (χ1v) is 10.8. The molecule has 0 atom stereocenters. The first-order chi connectivity index (χ1) is 12.0. The monoisotopic (exact) mass is 620 g/mol. The Morgan fingerprint density at radius 2 is 1.68 bits per heavy atom. The zero-order valence-electron chi connectivity index (χ0n) is 12.6. The maximum Gasteiger partial charge on any atom is 0.151 e. The zero-order valence-corrected chi connectivity index (χ0v) is 19.3. The fourth-order valence-electron chi connectivity index (χ4n) is 1.63. The van der Waals surface area contributed by atoms with Crippen molar-refractivity contribution < 1.29 is 9.84 Å². The summed E-state index contributed by atoms with van der Waals surface area (Å²) in [5.74, 6) is 0.959. The normalized spacial score (nSPS) is 10.1. The third-order valence-electron chi connectivity index (χ3n) is 2.80. The van der Waals surface area contributed by atoms with Crippen molar-refractivity contribution in [2.24, 2.45) is 0 Å². The van der Waals surface area contributed by atoms with Crippen LogP contribution in [0.15, 0.2) is 41.1 Å². The summed E-state index contributed by atoms with van der Waals surface area (Å²) in [7, 11) is 0. The van der Waals surface area contributed by atoms with Gasteiger partial charge in [-0.05, 0) is 91.8 Å². The molecule has 9 heteroatoms. The van der Waals surface area contributed by atoms with Gasteiger partial charge in [0.2, 0.25) is 0 Å². The molecule has 0 amide bonds. The number of nitrogens with zero attached hydrogens (tertiary/aromatic N) is 2. The van der Waals surface area contributed by atoms with E-state index >= 15 is 0 Å². The highest BCUT2D eigenvalue weighted by Gasteiger charge is 2.03. The minimum atomic E-state index is 0.167. The van der Waals surface area contributed by atoms with Crippen LogP contribution in [0.25, 0.3) is 0 Å². The van der Waals surface area contributed by atoms with Crippen LogP contribution < -0.4 is 4.74 Å². The minimum Gasteiger partial charge on any atom is -0.505 e. The molecule has 0 unspecified atom stereocenters. The van der Waals surface area contributed by atoms with Crippen LogP contribution in [0.1, 0.15) is 5.56 Å². The minimum absolute atomic E-state index is 0.167. The van der Waals surface area contributed by atoms with E-state index in [-0.39, 0.29) is 5.75 Å². The number of hydrogen-bond donors (Lipinski definition) is 1. The van der Waals surface area contributed by atoms with E-state index in [2.05, 4.69) is 49.4 Å². The maximum atomic E-state index is 8.92. The third kappa shape index (κ3) is 7.41. The van der Waals surface area contributed by atoms with Gasteiger partial charge in [0.05, 0.1) is 6.61 Å². The fraction of sp³-hybridized carbons (Fsp3) is 0.125. The Morgan fingerprint density at radius 1 is 1.00 bits per heavy atom. The van der Waals surface area contributed by atoms with Crippen molar-refractivity contribution in [3.8, 4) is 11.5 Å². The summed E-state index contributed by atoms with van der Waals surface area (Å²) in [5, 5.41) is 14.0. The maximum absolute atomic E-state index is 8.92. The molecule has 1 N–H and O–H groups in total. The van der Waals surface area contributed by atoms with Gasteiger partial charge in [0.15, 0.2) is 5.75 Å². The summed E-state index contributed by atoms with van der Waals surface area (Å²) >= 11 is 17.0. The van der Waals surface area contributed by atoms with Crippen LogP contribution in [0.2, 0.25) is 10.3 Å². The Kier molecular flexibility index (Phi) is 8.97. The van der Waals surface area contributed by atoms with E-state index in [9.17, 15) is 0 Å². The smallest absolute Gasteiger partial charge is 0.151 e. The Morgan fingerprint density at radius 3 is 2.24 bits per heavy atom. The summed E-state index contributed by atoms with van der Waals surface area (Å²) in [6.45, 7) is 0.663. The molecule has 0 aliphatic carbocycles. The Labute approximate surface area is 186 Å². The average molecular weight is 621 g/mol. The van der Waals surface area contributed by atoms with E-state index in [1.165, 1.54) is 11.6 Å². The SMILES string of the molecule is Clc1ccc(OCCc2ccsc2)c(I)n1.Oc1ccc(Cl)nc1I. The van der Waals surface area contributed by atoms with Crippen LogP contribution in [-0.2, 0) is 6.42 Å². The van der Waals surface area contributed by atoms with E-state index in [4.69, 9.17) is 33.0 Å². The molecule has 3 heterocycles. The highest BCUT2D eigenvalue weighted by molar-refractivity contribution is 14.1. The van der Waals surface area contributed by atoms with Crippen molar-refractivity contribution >= 4 is 79.7 Å². The lowest BCUT2D eigenvalue weighted by Crippen LogP contribution is -2.02. The standard InChI is InChI=1S/C11H9ClINOS.C5H3ClINO/c12-10-2-1-9(11(13)14-10)15-5-3-8-4-6-16-7-8;6-4-2-1-3(9)5(7)8-4/h1-2,4,6-7H,3,5H2;1-2,9H. The molecule has 0 fully saturated rings. The molecule has 0 saturated heterocycles. The second-order valence-electron chi connectivity index (χ2n) is 4.60. The number of hydrogen-bond acceptors (Lipinski definition) is 5. The van der Waals surface area contributed by atoms with Gasteiger partial charge in [-0.25, -0.2) is 9.97 Å². The van der Waals surface area contributed by atoms with Crippen molar-refractivity contribution in [3.05, 3.63) is 64.4 Å². The van der Waals surface area contributed by atoms with Gasteiger partial charge in [-0.1, -0.05) is 23.2 Å². The van der Waals surface area contributed by atoms with Gasteiger partial charge in [0.1, 0.15) is 23.5 Å². The third-order valence-corrected chi connectivity index (χ3v) is 5.52. The predicted molar refractivity (Wildman–Crippen MR) is 119 cm³/mol. The Hall–Kier alpha value is -0.360. The van der Waals surface area contributed by atoms with Crippen molar-refractivity contribution in [2.45, 2.75) is 6.42 Å². The van der Waals surface area contributed by atoms with E-state index in [0.29, 0.717) is 20.6 Å². The van der Waals surface area contributed by atoms with E-state index in [1.807, 2.05) is 28.7 Å². The Bertz CT molecular complexity index is 820. The van der Waals surface area contributed by atoms with Gasteiger partial charge >= 0.3 is 0 Å². The molecule has 0 aliphatic rings. The van der Waals surface area contributed by atoms with Gasteiger partial charge in [-0.2, -0.15) is 11.3 Å². The predicted octanol–water partition coefficient (Wildman–Crippen LogP) is 6.07. The van der Waals surface area contributed by atoms with Crippen molar-refractivity contribution in [1.29, 1.82) is 0 Å². The van der Waals surface area contributed by atoms with Crippen LogP contribution >= 0.6 is 79.7 Å². The number of rotatable bonds is 4. The van der Waals surface area contributed by atoms with E-state index in [1.54, 1.807) is 23.5 Å². The summed E-state index contributed by atoms with van der Waals surface area (Å²) in [6.07, 6.45) is 0.919. The van der Waals surface area contributed by atoms with Crippen molar-refractivity contribution in [2.75, 3.05) is 6.61 Å². The number of aromatic hydroxyl groups is 1. The molecule has 4 nitrogen and oxygen atoms in total. The van der Waals surface area contributed by atoms with E-state index in [0.717, 1.165) is 15.9 Å². The molecule has 132 valence electrons. The average Bonchev–Trinajstić information content (AvgIpc) is 3.07.